The van der Waals surface area contributed by atoms with Crippen molar-refractivity contribution in [2.24, 2.45) is 0 Å². The highest BCUT2D eigenvalue weighted by atomic mass is 35.5. The van der Waals surface area contributed by atoms with Gasteiger partial charge in [0.05, 0.1) is 4.90 Å². The van der Waals surface area contributed by atoms with Gasteiger partial charge in [0.1, 0.15) is 0 Å². The van der Waals surface area contributed by atoms with Crippen molar-refractivity contribution < 1.29 is 18.3 Å². The van der Waals surface area contributed by atoms with Gasteiger partial charge in [0, 0.05) is 36.5 Å². The van der Waals surface area contributed by atoms with Crippen molar-refractivity contribution in [3.63, 3.8) is 0 Å². The molecule has 0 aliphatic heterocycles. The van der Waals surface area contributed by atoms with Gasteiger partial charge >= 0.3 is 6.09 Å². The summed E-state index contributed by atoms with van der Waals surface area (Å²) in [5.74, 6) is 0. The lowest BCUT2D eigenvalue weighted by molar-refractivity contribution is 0.193. The fraction of sp³-hybridized carbons (Fsp3) is 0.250. The lowest BCUT2D eigenvalue weighted by Gasteiger charge is -2.29. The van der Waals surface area contributed by atoms with Gasteiger partial charge in [0.15, 0.2) is 0 Å². The van der Waals surface area contributed by atoms with E-state index in [4.69, 9.17) is 16.7 Å². The maximum absolute atomic E-state index is 13.7. The quantitative estimate of drug-likeness (QED) is 0.463. The average Bonchev–Trinajstić information content (AvgIpc) is 2.78. The highest BCUT2D eigenvalue weighted by molar-refractivity contribution is 7.89. The third-order valence-corrected chi connectivity index (χ3v) is 8.07. The van der Waals surface area contributed by atoms with Crippen LogP contribution in [0.15, 0.2) is 65.8 Å². The van der Waals surface area contributed by atoms with E-state index in [1.54, 1.807) is 38.4 Å². The monoisotopic (exact) mass is 487 g/mol. The molecule has 0 fully saturated rings. The largest absolute Gasteiger partial charge is 0.465 e. The van der Waals surface area contributed by atoms with Crippen LogP contribution in [0.2, 0.25) is 5.02 Å². The molecule has 1 heterocycles. The molecule has 0 spiro atoms. The molecule has 0 saturated carbocycles. The summed E-state index contributed by atoms with van der Waals surface area (Å²) in [6.45, 7) is 5.31. The van der Waals surface area contributed by atoms with Gasteiger partial charge in [-0.25, -0.2) is 13.2 Å². The molecule has 0 aliphatic rings. The Bertz CT molecular complexity index is 1260. The highest BCUT2D eigenvalue weighted by Gasteiger charge is 2.31. The van der Waals surface area contributed by atoms with Gasteiger partial charge in [-0.2, -0.15) is 4.31 Å². The minimum atomic E-state index is -3.98. The van der Waals surface area contributed by atoms with E-state index >= 15 is 0 Å². The predicted octanol–water partition coefficient (Wildman–Crippen LogP) is 5.04. The molecule has 7 nitrogen and oxygen atoms in total. The molecule has 174 valence electrons. The number of hydrogen-bond donors (Lipinski definition) is 2. The molecule has 33 heavy (non-hydrogen) atoms. The summed E-state index contributed by atoms with van der Waals surface area (Å²) in [4.78, 5) is 15.2. The Morgan fingerprint density at radius 3 is 2.61 bits per heavy atom. The number of rotatable bonds is 8. The van der Waals surface area contributed by atoms with Gasteiger partial charge in [-0.3, -0.25) is 4.98 Å². The SMILES string of the molecule is Cc1cnccc1-c1cccc(C(C)N(CCNC(=O)O)S(=O)(=O)c2cccc(Cl)c2C)c1. The van der Waals surface area contributed by atoms with E-state index in [0.29, 0.717) is 10.6 Å². The van der Waals surface area contributed by atoms with Crippen LogP contribution in [-0.2, 0) is 10.0 Å². The average molecular weight is 488 g/mol. The molecule has 0 saturated heterocycles. The predicted molar refractivity (Wildman–Crippen MR) is 129 cm³/mol. The molecule has 1 unspecified atom stereocenters. The summed E-state index contributed by atoms with van der Waals surface area (Å²) in [5, 5.41) is 11.6. The molecule has 0 radical (unpaired) electrons. The number of carboxylic acid groups (broad SMARTS) is 1. The first-order valence-corrected chi connectivity index (χ1v) is 12.2. The number of halogens is 1. The summed E-state index contributed by atoms with van der Waals surface area (Å²) in [6, 6.07) is 13.7. The first-order valence-electron chi connectivity index (χ1n) is 10.4. The van der Waals surface area contributed by atoms with E-state index in [2.05, 4.69) is 10.3 Å². The molecule has 2 aromatic carbocycles. The molecular formula is C24H26ClN3O4S. The first-order chi connectivity index (χ1) is 15.6. The van der Waals surface area contributed by atoms with Crippen molar-refractivity contribution >= 4 is 27.7 Å². The molecular weight excluding hydrogens is 462 g/mol. The van der Waals surface area contributed by atoms with E-state index in [1.807, 2.05) is 37.3 Å². The Morgan fingerprint density at radius 2 is 1.91 bits per heavy atom. The topological polar surface area (TPSA) is 99.6 Å². The summed E-state index contributed by atoms with van der Waals surface area (Å²) in [6.07, 6.45) is 2.28. The standard InChI is InChI=1S/C24H26ClN3O4S/c1-16-15-26-11-10-21(16)20-7-4-6-19(14-20)18(3)28(13-12-27-24(29)30)33(31,32)23-9-5-8-22(25)17(23)2/h4-11,14-15,18,27H,12-13H2,1-3H3,(H,29,30). The summed E-state index contributed by atoms with van der Waals surface area (Å²) >= 11 is 6.19. The number of sulfonamides is 1. The zero-order valence-corrected chi connectivity index (χ0v) is 20.2. The minimum absolute atomic E-state index is 0.0414. The molecule has 1 amide bonds. The number of amides is 1. The molecule has 0 aliphatic carbocycles. The summed E-state index contributed by atoms with van der Waals surface area (Å²) in [5.41, 5.74) is 4.18. The van der Waals surface area contributed by atoms with Crippen molar-refractivity contribution in [3.05, 3.63) is 82.6 Å². The van der Waals surface area contributed by atoms with Crippen LogP contribution in [0.3, 0.4) is 0 Å². The summed E-state index contributed by atoms with van der Waals surface area (Å²) < 4.78 is 28.7. The number of nitrogens with one attached hydrogen (secondary N) is 1. The van der Waals surface area contributed by atoms with Crippen LogP contribution >= 0.6 is 11.6 Å². The van der Waals surface area contributed by atoms with E-state index in [0.717, 1.165) is 22.3 Å². The van der Waals surface area contributed by atoms with Gasteiger partial charge in [-0.05, 0) is 72.9 Å². The molecule has 1 aromatic heterocycles. The minimum Gasteiger partial charge on any atom is -0.465 e. The maximum atomic E-state index is 13.7. The van der Waals surface area contributed by atoms with Crippen molar-refractivity contribution in [3.8, 4) is 11.1 Å². The molecule has 9 heteroatoms. The zero-order valence-electron chi connectivity index (χ0n) is 18.6. The van der Waals surface area contributed by atoms with Crippen molar-refractivity contribution in [1.29, 1.82) is 0 Å². The lowest BCUT2D eigenvalue weighted by Crippen LogP contribution is -2.40. The molecule has 3 aromatic rings. The number of carbonyl (C=O) groups is 1. The third kappa shape index (κ3) is 5.52. The normalized spacial score (nSPS) is 12.5. The van der Waals surface area contributed by atoms with Gasteiger partial charge in [0.2, 0.25) is 10.0 Å². The fourth-order valence-electron chi connectivity index (χ4n) is 3.72. The second-order valence-corrected chi connectivity index (χ2v) is 9.97. The number of aromatic nitrogens is 1. The van der Waals surface area contributed by atoms with Crippen LogP contribution in [-0.4, -0.2) is 42.0 Å². The molecule has 0 bridgehead atoms. The number of aryl methyl sites for hydroxylation is 1. The van der Waals surface area contributed by atoms with Crippen molar-refractivity contribution in [1.82, 2.24) is 14.6 Å². The second-order valence-electron chi connectivity index (χ2n) is 7.70. The lowest BCUT2D eigenvalue weighted by atomic mass is 9.98. The third-order valence-electron chi connectivity index (χ3n) is 5.55. The summed E-state index contributed by atoms with van der Waals surface area (Å²) in [7, 11) is -3.98. The Balaban J connectivity index is 2.04. The number of hydrogen-bond acceptors (Lipinski definition) is 4. The van der Waals surface area contributed by atoms with Crippen LogP contribution in [0, 0.1) is 13.8 Å². The van der Waals surface area contributed by atoms with E-state index in [9.17, 15) is 13.2 Å². The van der Waals surface area contributed by atoms with Crippen molar-refractivity contribution in [2.45, 2.75) is 31.7 Å². The van der Waals surface area contributed by atoms with E-state index in [1.165, 1.54) is 10.4 Å². The smallest absolute Gasteiger partial charge is 0.404 e. The van der Waals surface area contributed by atoms with Gasteiger partial charge in [-0.1, -0.05) is 35.9 Å². The maximum Gasteiger partial charge on any atom is 0.404 e. The van der Waals surface area contributed by atoms with Crippen LogP contribution in [0.1, 0.15) is 29.7 Å². The number of nitrogens with zero attached hydrogens (tertiary/aromatic N) is 2. The van der Waals surface area contributed by atoms with Gasteiger partial charge < -0.3 is 10.4 Å². The number of benzene rings is 2. The molecule has 1 atom stereocenters. The Hall–Kier alpha value is -2.94. The Kier molecular flexibility index (Phi) is 7.73. The first kappa shape index (κ1) is 24.7. The van der Waals surface area contributed by atoms with Gasteiger partial charge in [0.25, 0.3) is 0 Å². The molecule has 2 N–H and O–H groups in total. The van der Waals surface area contributed by atoms with Crippen LogP contribution in [0.4, 0.5) is 4.79 Å². The fourth-order valence-corrected chi connectivity index (χ4v) is 5.82. The Labute approximate surface area is 199 Å². The van der Waals surface area contributed by atoms with Crippen molar-refractivity contribution in [2.75, 3.05) is 13.1 Å². The highest BCUT2D eigenvalue weighted by Crippen LogP contribution is 2.33. The van der Waals surface area contributed by atoms with Crippen LogP contribution in [0.5, 0.6) is 0 Å². The van der Waals surface area contributed by atoms with Crippen LogP contribution < -0.4 is 5.32 Å². The Morgan fingerprint density at radius 1 is 1.18 bits per heavy atom. The van der Waals surface area contributed by atoms with Gasteiger partial charge in [-0.15, -0.1) is 0 Å². The number of pyridine rings is 1. The second kappa shape index (κ2) is 10.3. The van der Waals surface area contributed by atoms with Crippen LogP contribution in [0.25, 0.3) is 11.1 Å². The van der Waals surface area contributed by atoms with E-state index < -0.39 is 22.2 Å². The van der Waals surface area contributed by atoms with E-state index in [-0.39, 0.29) is 18.0 Å². The molecule has 3 rings (SSSR count). The zero-order chi connectivity index (χ0) is 24.2.